The van der Waals surface area contributed by atoms with Crippen LogP contribution in [-0.2, 0) is 0 Å². The van der Waals surface area contributed by atoms with Gasteiger partial charge in [-0.05, 0) is 52.7 Å². The summed E-state index contributed by atoms with van der Waals surface area (Å²) in [7, 11) is 0. The van der Waals surface area contributed by atoms with Crippen molar-refractivity contribution in [1.29, 1.82) is 0 Å². The van der Waals surface area contributed by atoms with Gasteiger partial charge in [-0.15, -0.1) is 0 Å². The molecule has 1 amide bonds. The maximum Gasteiger partial charge on any atom is 0.256 e. The normalized spacial score (nSPS) is 10.2. The maximum atomic E-state index is 12.4. The van der Waals surface area contributed by atoms with Crippen LogP contribution in [0.1, 0.15) is 21.5 Å². The quantitative estimate of drug-likeness (QED) is 0.777. The van der Waals surface area contributed by atoms with E-state index >= 15 is 0 Å². The molecule has 0 atom stereocenters. The van der Waals surface area contributed by atoms with E-state index in [1.807, 2.05) is 19.1 Å². The maximum absolute atomic E-state index is 12.4. The fourth-order valence-corrected chi connectivity index (χ4v) is 2.64. The number of hydrogen-bond acceptors (Lipinski definition) is 2. The summed E-state index contributed by atoms with van der Waals surface area (Å²) in [5, 5.41) is 3.29. The number of nitrogens with two attached hydrogens (primary N) is 1. The molecular weight excluding hydrogens is 372 g/mol. The molecular formula is C15H12BrClN2OS. The zero-order valence-electron chi connectivity index (χ0n) is 11.1. The van der Waals surface area contributed by atoms with Crippen LogP contribution < -0.4 is 11.1 Å². The second kappa shape index (κ2) is 6.56. The van der Waals surface area contributed by atoms with E-state index in [-0.39, 0.29) is 10.9 Å². The van der Waals surface area contributed by atoms with Gasteiger partial charge in [0.2, 0.25) is 0 Å². The highest BCUT2D eigenvalue weighted by molar-refractivity contribution is 9.10. The zero-order chi connectivity index (χ0) is 15.6. The van der Waals surface area contributed by atoms with Crippen molar-refractivity contribution in [1.82, 2.24) is 0 Å². The van der Waals surface area contributed by atoms with E-state index in [1.165, 1.54) is 0 Å². The number of benzene rings is 2. The molecule has 2 aromatic carbocycles. The molecule has 0 saturated heterocycles. The number of hydrogen-bond donors (Lipinski definition) is 2. The van der Waals surface area contributed by atoms with Crippen LogP contribution in [0.5, 0.6) is 0 Å². The number of halogens is 2. The molecule has 0 bridgehead atoms. The molecule has 2 aromatic rings. The average molecular weight is 384 g/mol. The summed E-state index contributed by atoms with van der Waals surface area (Å²) in [5.41, 5.74) is 8.24. The summed E-state index contributed by atoms with van der Waals surface area (Å²) >= 11 is 14.4. The molecule has 0 radical (unpaired) electrons. The van der Waals surface area contributed by atoms with Crippen molar-refractivity contribution < 1.29 is 4.79 Å². The predicted molar refractivity (Wildman–Crippen MR) is 94.2 cm³/mol. The van der Waals surface area contributed by atoms with Gasteiger partial charge in [-0.3, -0.25) is 4.79 Å². The van der Waals surface area contributed by atoms with E-state index in [2.05, 4.69) is 21.2 Å². The molecule has 0 saturated carbocycles. The largest absolute Gasteiger partial charge is 0.389 e. The van der Waals surface area contributed by atoms with Crippen LogP contribution >= 0.6 is 39.7 Å². The highest BCUT2D eigenvalue weighted by atomic mass is 79.9. The van der Waals surface area contributed by atoms with Crippen LogP contribution in [0.4, 0.5) is 5.69 Å². The Morgan fingerprint density at radius 3 is 2.67 bits per heavy atom. The SMILES string of the molecule is Cc1cccc(C(=O)Nc2cc(Cl)ccc2C(N)=S)c1Br. The van der Waals surface area contributed by atoms with Gasteiger partial charge in [0.15, 0.2) is 0 Å². The van der Waals surface area contributed by atoms with E-state index in [0.717, 1.165) is 10.0 Å². The Kier molecular flexibility index (Phi) is 4.98. The van der Waals surface area contributed by atoms with E-state index < -0.39 is 0 Å². The second-order valence-corrected chi connectivity index (χ2v) is 6.11. The minimum Gasteiger partial charge on any atom is -0.389 e. The molecule has 108 valence electrons. The Morgan fingerprint density at radius 2 is 2.00 bits per heavy atom. The number of aryl methyl sites for hydroxylation is 1. The van der Waals surface area contributed by atoms with Crippen molar-refractivity contribution >= 4 is 56.3 Å². The Labute approximate surface area is 141 Å². The van der Waals surface area contributed by atoms with Gasteiger partial charge < -0.3 is 11.1 Å². The van der Waals surface area contributed by atoms with Gasteiger partial charge >= 0.3 is 0 Å². The van der Waals surface area contributed by atoms with Crippen molar-refractivity contribution in [2.24, 2.45) is 5.73 Å². The van der Waals surface area contributed by atoms with Crippen LogP contribution in [0.25, 0.3) is 0 Å². The summed E-state index contributed by atoms with van der Waals surface area (Å²) in [6, 6.07) is 10.5. The molecule has 0 heterocycles. The molecule has 6 heteroatoms. The lowest BCUT2D eigenvalue weighted by Gasteiger charge is -2.12. The van der Waals surface area contributed by atoms with Crippen molar-refractivity contribution in [3.63, 3.8) is 0 Å². The number of carbonyl (C=O) groups is 1. The van der Waals surface area contributed by atoms with Crippen LogP contribution in [0.2, 0.25) is 5.02 Å². The molecule has 0 fully saturated rings. The summed E-state index contributed by atoms with van der Waals surface area (Å²) in [6.07, 6.45) is 0. The van der Waals surface area contributed by atoms with E-state index in [0.29, 0.717) is 21.8 Å². The van der Waals surface area contributed by atoms with Crippen LogP contribution in [-0.4, -0.2) is 10.9 Å². The Hall–Kier alpha value is -1.43. The molecule has 0 aliphatic carbocycles. The zero-order valence-corrected chi connectivity index (χ0v) is 14.3. The first-order chi connectivity index (χ1) is 9.90. The van der Waals surface area contributed by atoms with Crippen LogP contribution in [0, 0.1) is 6.92 Å². The summed E-state index contributed by atoms with van der Waals surface area (Å²) in [5.74, 6) is -0.259. The number of amides is 1. The Morgan fingerprint density at radius 1 is 1.29 bits per heavy atom. The van der Waals surface area contributed by atoms with Gasteiger partial charge in [0, 0.05) is 15.1 Å². The lowest BCUT2D eigenvalue weighted by atomic mass is 10.1. The van der Waals surface area contributed by atoms with Crippen molar-refractivity contribution in [2.45, 2.75) is 6.92 Å². The number of nitrogens with one attached hydrogen (secondary N) is 1. The van der Waals surface area contributed by atoms with Gasteiger partial charge in [-0.25, -0.2) is 0 Å². The third-order valence-electron chi connectivity index (χ3n) is 2.93. The third kappa shape index (κ3) is 3.61. The van der Waals surface area contributed by atoms with E-state index in [1.54, 1.807) is 24.3 Å². The summed E-state index contributed by atoms with van der Waals surface area (Å²) in [4.78, 5) is 12.6. The first-order valence-electron chi connectivity index (χ1n) is 6.06. The highest BCUT2D eigenvalue weighted by Crippen LogP contribution is 2.25. The molecule has 0 aromatic heterocycles. The summed E-state index contributed by atoms with van der Waals surface area (Å²) < 4.78 is 0.751. The monoisotopic (exact) mass is 382 g/mol. The predicted octanol–water partition coefficient (Wildman–Crippen LogP) is 4.30. The average Bonchev–Trinajstić information content (AvgIpc) is 2.41. The molecule has 0 aliphatic heterocycles. The van der Waals surface area contributed by atoms with E-state index in [9.17, 15) is 4.79 Å². The topological polar surface area (TPSA) is 55.1 Å². The Balaban J connectivity index is 2.38. The van der Waals surface area contributed by atoms with Gasteiger partial charge in [0.05, 0.1) is 11.3 Å². The summed E-state index contributed by atoms with van der Waals surface area (Å²) in [6.45, 7) is 1.92. The molecule has 0 spiro atoms. The molecule has 3 nitrogen and oxygen atoms in total. The number of anilines is 1. The van der Waals surface area contributed by atoms with Gasteiger partial charge in [0.1, 0.15) is 4.99 Å². The molecule has 0 unspecified atom stereocenters. The van der Waals surface area contributed by atoms with Crippen LogP contribution in [0.3, 0.4) is 0 Å². The molecule has 0 aliphatic rings. The highest BCUT2D eigenvalue weighted by Gasteiger charge is 2.14. The second-order valence-electron chi connectivity index (χ2n) is 4.44. The molecule has 3 N–H and O–H groups in total. The van der Waals surface area contributed by atoms with Gasteiger partial charge in [-0.2, -0.15) is 0 Å². The van der Waals surface area contributed by atoms with Crippen molar-refractivity contribution in [3.8, 4) is 0 Å². The van der Waals surface area contributed by atoms with Crippen molar-refractivity contribution in [3.05, 3.63) is 62.6 Å². The van der Waals surface area contributed by atoms with Gasteiger partial charge in [-0.1, -0.05) is 36.0 Å². The van der Waals surface area contributed by atoms with Gasteiger partial charge in [0.25, 0.3) is 5.91 Å². The van der Waals surface area contributed by atoms with E-state index in [4.69, 9.17) is 29.6 Å². The third-order valence-corrected chi connectivity index (χ3v) is 4.44. The number of carbonyl (C=O) groups excluding carboxylic acids is 1. The smallest absolute Gasteiger partial charge is 0.256 e. The minimum atomic E-state index is -0.259. The number of thiocarbonyl (C=S) groups is 1. The van der Waals surface area contributed by atoms with Crippen LogP contribution in [0.15, 0.2) is 40.9 Å². The fraction of sp³-hybridized carbons (Fsp3) is 0.0667. The first-order valence-corrected chi connectivity index (χ1v) is 7.64. The molecule has 2 rings (SSSR count). The molecule has 21 heavy (non-hydrogen) atoms. The number of rotatable bonds is 3. The minimum absolute atomic E-state index is 0.199. The lowest BCUT2D eigenvalue weighted by Crippen LogP contribution is -2.18. The lowest BCUT2D eigenvalue weighted by molar-refractivity contribution is 0.102. The van der Waals surface area contributed by atoms with Crippen molar-refractivity contribution in [2.75, 3.05) is 5.32 Å². The first kappa shape index (κ1) is 15.9. The Bertz CT molecular complexity index is 734. The fourth-order valence-electron chi connectivity index (χ4n) is 1.85. The standard InChI is InChI=1S/C15H12BrClN2OS/c1-8-3-2-4-11(13(8)16)15(20)19-12-7-9(17)5-6-10(12)14(18)21/h2-7H,1H3,(H2,18,21)(H,19,20).